The molecule has 0 unspecified atom stereocenters. The Morgan fingerprint density at radius 3 is 2.62 bits per heavy atom. The molecule has 0 fully saturated rings. The fraction of sp³-hybridized carbons (Fsp3) is 0.400. The summed E-state index contributed by atoms with van der Waals surface area (Å²) >= 11 is 0. The van der Waals surface area contributed by atoms with Crippen LogP contribution in [0.1, 0.15) is 6.92 Å². The van der Waals surface area contributed by atoms with E-state index >= 15 is 0 Å². The van der Waals surface area contributed by atoms with Crippen LogP contribution in [-0.2, 0) is 4.84 Å². The molecule has 0 amide bonds. The van der Waals surface area contributed by atoms with E-state index in [-0.39, 0.29) is 5.69 Å². The van der Waals surface area contributed by atoms with Crippen LogP contribution in [0.3, 0.4) is 0 Å². The Morgan fingerprint density at radius 1 is 1.38 bits per heavy atom. The summed E-state index contributed by atoms with van der Waals surface area (Å²) in [7, 11) is 0. The maximum absolute atomic E-state index is 10.4. The maximum atomic E-state index is 10.4. The fourth-order valence-corrected chi connectivity index (χ4v) is 1.05. The third-order valence-corrected chi connectivity index (χ3v) is 1.77. The lowest BCUT2D eigenvalue weighted by atomic mass is 10.3. The third kappa shape index (κ3) is 4.24. The van der Waals surface area contributed by atoms with Crippen LogP contribution in [-0.4, -0.2) is 24.7 Å². The predicted octanol–water partition coefficient (Wildman–Crippen LogP) is 1.51. The van der Waals surface area contributed by atoms with Crippen molar-refractivity contribution in [2.75, 3.05) is 19.8 Å². The fourth-order valence-electron chi connectivity index (χ4n) is 1.05. The van der Waals surface area contributed by atoms with Crippen LogP contribution in [0.5, 0.6) is 5.75 Å². The van der Waals surface area contributed by atoms with E-state index in [2.05, 4.69) is 5.48 Å². The number of nitro benzene ring substituents is 1. The molecule has 0 radical (unpaired) electrons. The molecule has 0 saturated carbocycles. The smallest absolute Gasteiger partial charge is 0.269 e. The Balaban J connectivity index is 2.29. The second-order valence-electron chi connectivity index (χ2n) is 2.93. The van der Waals surface area contributed by atoms with Crippen molar-refractivity contribution in [1.82, 2.24) is 5.48 Å². The molecule has 1 aromatic rings. The Kier molecular flexibility index (Phi) is 5.24. The number of hydrogen-bond donors (Lipinski definition) is 1. The van der Waals surface area contributed by atoms with Gasteiger partial charge in [-0.3, -0.25) is 10.1 Å². The van der Waals surface area contributed by atoms with Gasteiger partial charge in [-0.05, 0) is 19.1 Å². The molecule has 0 atom stereocenters. The molecule has 6 heteroatoms. The summed E-state index contributed by atoms with van der Waals surface area (Å²) in [6, 6.07) is 5.95. The van der Waals surface area contributed by atoms with Crippen molar-refractivity contribution in [1.29, 1.82) is 0 Å². The molecule has 6 nitrogen and oxygen atoms in total. The highest BCUT2D eigenvalue weighted by atomic mass is 16.6. The van der Waals surface area contributed by atoms with Crippen molar-refractivity contribution in [2.24, 2.45) is 0 Å². The highest BCUT2D eigenvalue weighted by Gasteiger charge is 2.03. The minimum Gasteiger partial charge on any atom is -0.492 e. The van der Waals surface area contributed by atoms with Gasteiger partial charge in [0.2, 0.25) is 0 Å². The number of hydroxylamine groups is 1. The molecule has 0 saturated heterocycles. The quantitative estimate of drug-likeness (QED) is 0.433. The largest absolute Gasteiger partial charge is 0.492 e. The van der Waals surface area contributed by atoms with Crippen LogP contribution >= 0.6 is 0 Å². The first-order valence-corrected chi connectivity index (χ1v) is 4.96. The highest BCUT2D eigenvalue weighted by molar-refractivity contribution is 5.35. The number of nitro groups is 1. The molecule has 0 aromatic heterocycles. The first kappa shape index (κ1) is 12.4. The lowest BCUT2D eigenvalue weighted by Gasteiger charge is -2.06. The number of rotatable bonds is 7. The van der Waals surface area contributed by atoms with E-state index in [0.29, 0.717) is 25.5 Å². The molecule has 1 rings (SSSR count). The molecule has 1 N–H and O–H groups in total. The summed E-state index contributed by atoms with van der Waals surface area (Å²) in [4.78, 5) is 14.8. The summed E-state index contributed by atoms with van der Waals surface area (Å²) in [6.45, 7) is 3.48. The van der Waals surface area contributed by atoms with Gasteiger partial charge < -0.3 is 9.57 Å². The normalized spacial score (nSPS) is 10.1. The minimum atomic E-state index is -0.444. The van der Waals surface area contributed by atoms with E-state index in [1.165, 1.54) is 12.1 Å². The zero-order valence-corrected chi connectivity index (χ0v) is 9.01. The molecule has 0 aliphatic rings. The van der Waals surface area contributed by atoms with Crippen molar-refractivity contribution >= 4 is 5.69 Å². The molecule has 0 spiro atoms. The van der Waals surface area contributed by atoms with Crippen molar-refractivity contribution in [3.05, 3.63) is 34.4 Å². The lowest BCUT2D eigenvalue weighted by molar-refractivity contribution is -0.384. The van der Waals surface area contributed by atoms with E-state index in [0.717, 1.165) is 0 Å². The van der Waals surface area contributed by atoms with Gasteiger partial charge in [-0.25, -0.2) is 0 Å². The number of hydrogen-bond acceptors (Lipinski definition) is 5. The Hall–Kier alpha value is -1.66. The Bertz CT molecular complexity index is 326. The monoisotopic (exact) mass is 226 g/mol. The topological polar surface area (TPSA) is 73.6 Å². The summed E-state index contributed by atoms with van der Waals surface area (Å²) in [6.07, 6.45) is 0. The van der Waals surface area contributed by atoms with Crippen LogP contribution in [0.25, 0.3) is 0 Å². The van der Waals surface area contributed by atoms with Crippen LogP contribution in [0.2, 0.25) is 0 Å². The molecule has 0 aliphatic heterocycles. The summed E-state index contributed by atoms with van der Waals surface area (Å²) in [5.74, 6) is 0.601. The minimum absolute atomic E-state index is 0.0554. The van der Waals surface area contributed by atoms with E-state index in [9.17, 15) is 10.1 Å². The average Bonchev–Trinajstić information content (AvgIpc) is 2.29. The standard InChI is InChI=1S/C10H14N2O4/c1-2-16-11-7-8-15-10-5-3-9(4-6-10)12(13)14/h3-6,11H,2,7-8H2,1H3. The highest BCUT2D eigenvalue weighted by Crippen LogP contribution is 2.16. The third-order valence-electron chi connectivity index (χ3n) is 1.77. The molecule has 1 aromatic carbocycles. The second kappa shape index (κ2) is 6.76. The molecule has 0 heterocycles. The zero-order valence-electron chi connectivity index (χ0n) is 9.01. The summed E-state index contributed by atoms with van der Waals surface area (Å²) < 4.78 is 5.32. The van der Waals surface area contributed by atoms with Crippen molar-refractivity contribution in [3.8, 4) is 5.75 Å². The van der Waals surface area contributed by atoms with E-state index in [1.807, 2.05) is 6.92 Å². The second-order valence-corrected chi connectivity index (χ2v) is 2.93. The lowest BCUT2D eigenvalue weighted by Crippen LogP contribution is -2.21. The summed E-state index contributed by atoms with van der Waals surface area (Å²) in [5.41, 5.74) is 2.76. The van der Waals surface area contributed by atoms with E-state index in [4.69, 9.17) is 9.57 Å². The number of non-ortho nitro benzene ring substituents is 1. The molecular formula is C10H14N2O4. The SMILES string of the molecule is CCONCCOc1ccc([N+](=O)[O-])cc1. The van der Waals surface area contributed by atoms with Crippen molar-refractivity contribution < 1.29 is 14.5 Å². The first-order valence-electron chi connectivity index (χ1n) is 4.96. The molecule has 0 aliphatic carbocycles. The van der Waals surface area contributed by atoms with E-state index in [1.54, 1.807) is 12.1 Å². The van der Waals surface area contributed by atoms with Crippen LogP contribution in [0.15, 0.2) is 24.3 Å². The van der Waals surface area contributed by atoms with Crippen LogP contribution in [0.4, 0.5) is 5.69 Å². The van der Waals surface area contributed by atoms with Gasteiger partial charge in [0.05, 0.1) is 18.1 Å². The molecule has 16 heavy (non-hydrogen) atoms. The maximum Gasteiger partial charge on any atom is 0.269 e. The summed E-state index contributed by atoms with van der Waals surface area (Å²) in [5, 5.41) is 10.4. The van der Waals surface area contributed by atoms with Gasteiger partial charge in [-0.1, -0.05) is 0 Å². The number of benzene rings is 1. The Morgan fingerprint density at radius 2 is 2.06 bits per heavy atom. The van der Waals surface area contributed by atoms with Crippen molar-refractivity contribution in [2.45, 2.75) is 6.92 Å². The molecular weight excluding hydrogens is 212 g/mol. The van der Waals surface area contributed by atoms with Gasteiger partial charge in [0.25, 0.3) is 5.69 Å². The number of nitrogens with one attached hydrogen (secondary N) is 1. The van der Waals surface area contributed by atoms with Gasteiger partial charge in [0.1, 0.15) is 12.4 Å². The Labute approximate surface area is 93.3 Å². The average molecular weight is 226 g/mol. The number of nitrogens with zero attached hydrogens (tertiary/aromatic N) is 1. The van der Waals surface area contributed by atoms with Gasteiger partial charge in [0, 0.05) is 12.1 Å². The van der Waals surface area contributed by atoms with E-state index < -0.39 is 4.92 Å². The molecule has 88 valence electrons. The van der Waals surface area contributed by atoms with Gasteiger partial charge in [-0.2, -0.15) is 5.48 Å². The van der Waals surface area contributed by atoms with Gasteiger partial charge in [0.15, 0.2) is 0 Å². The first-order chi connectivity index (χ1) is 7.74. The van der Waals surface area contributed by atoms with Crippen LogP contribution < -0.4 is 10.2 Å². The van der Waals surface area contributed by atoms with Gasteiger partial charge >= 0.3 is 0 Å². The molecule has 0 bridgehead atoms. The zero-order chi connectivity index (χ0) is 11.8. The predicted molar refractivity (Wildman–Crippen MR) is 58.2 cm³/mol. The van der Waals surface area contributed by atoms with Crippen LogP contribution in [0, 0.1) is 10.1 Å². The van der Waals surface area contributed by atoms with Gasteiger partial charge in [-0.15, -0.1) is 0 Å². The van der Waals surface area contributed by atoms with Crippen molar-refractivity contribution in [3.63, 3.8) is 0 Å². The number of ether oxygens (including phenoxy) is 1.